The Kier molecular flexibility index (Phi) is 8.17. The predicted molar refractivity (Wildman–Crippen MR) is 143 cm³/mol. The largest absolute Gasteiger partial charge is 0.497 e. The lowest BCUT2D eigenvalue weighted by Crippen LogP contribution is -2.47. The number of amides is 2. The molecule has 4 aromatic rings. The van der Waals surface area contributed by atoms with Gasteiger partial charge in [-0.3, -0.25) is 14.3 Å². The van der Waals surface area contributed by atoms with Crippen LogP contribution in [0.5, 0.6) is 5.75 Å². The molecule has 8 heteroatoms. The van der Waals surface area contributed by atoms with Crippen LogP contribution in [-0.4, -0.2) is 41.8 Å². The molecule has 3 aromatic carbocycles. The third kappa shape index (κ3) is 6.20. The molecule has 0 aliphatic heterocycles. The predicted octanol–water partition coefficient (Wildman–Crippen LogP) is 4.46. The minimum absolute atomic E-state index is 0.273. The molecule has 1 unspecified atom stereocenters. The molecule has 1 aromatic heterocycles. The molecule has 4 rings (SSSR count). The zero-order valence-electron chi connectivity index (χ0n) is 20.1. The van der Waals surface area contributed by atoms with Gasteiger partial charge >= 0.3 is 0 Å². The first-order chi connectivity index (χ1) is 17.5. The molecule has 2 amide bonds. The normalized spacial score (nSPS) is 11.5. The van der Waals surface area contributed by atoms with Crippen LogP contribution in [0.1, 0.15) is 21.6 Å². The average molecular weight is 547 g/mol. The summed E-state index contributed by atoms with van der Waals surface area (Å²) >= 11 is 3.46. The minimum atomic E-state index is -0.753. The van der Waals surface area contributed by atoms with E-state index in [1.54, 1.807) is 24.9 Å². The van der Waals surface area contributed by atoms with Gasteiger partial charge in [-0.2, -0.15) is 5.10 Å². The maximum atomic E-state index is 13.5. The Bertz CT molecular complexity index is 1350. The van der Waals surface area contributed by atoms with Crippen LogP contribution in [0.2, 0.25) is 0 Å². The van der Waals surface area contributed by atoms with E-state index >= 15 is 0 Å². The zero-order chi connectivity index (χ0) is 25.5. The number of carbonyl (C=O) groups is 2. The van der Waals surface area contributed by atoms with Crippen LogP contribution in [0.4, 0.5) is 0 Å². The Morgan fingerprint density at radius 3 is 2.44 bits per heavy atom. The number of carbonyl (C=O) groups excluding carboxylic acids is 2. The second-order valence-electron chi connectivity index (χ2n) is 8.26. The smallest absolute Gasteiger partial charge is 0.270 e. The van der Waals surface area contributed by atoms with Crippen molar-refractivity contribution in [3.63, 3.8) is 0 Å². The van der Waals surface area contributed by atoms with Crippen molar-refractivity contribution in [3.8, 4) is 17.0 Å². The summed E-state index contributed by atoms with van der Waals surface area (Å²) in [4.78, 5) is 26.2. The van der Waals surface area contributed by atoms with Crippen molar-refractivity contribution in [3.05, 3.63) is 106 Å². The van der Waals surface area contributed by atoms with Gasteiger partial charge in [-0.05, 0) is 41.5 Å². The van der Waals surface area contributed by atoms with Crippen LogP contribution >= 0.6 is 15.9 Å². The number of methoxy groups -OCH3 is 1. The van der Waals surface area contributed by atoms with Crippen LogP contribution in [-0.2, 0) is 17.8 Å². The van der Waals surface area contributed by atoms with Crippen LogP contribution in [0, 0.1) is 0 Å². The average Bonchev–Trinajstić information content (AvgIpc) is 3.32. The molecule has 0 aliphatic carbocycles. The maximum Gasteiger partial charge on any atom is 0.270 e. The summed E-state index contributed by atoms with van der Waals surface area (Å²) in [6.07, 6.45) is 0.348. The van der Waals surface area contributed by atoms with Crippen molar-refractivity contribution in [1.29, 1.82) is 0 Å². The molecule has 0 saturated heterocycles. The number of halogens is 1. The molecule has 1 atom stereocenters. The second-order valence-corrected chi connectivity index (χ2v) is 9.18. The molecular weight excluding hydrogens is 520 g/mol. The van der Waals surface area contributed by atoms with Gasteiger partial charge in [-0.25, -0.2) is 0 Å². The molecule has 0 radical (unpaired) electrons. The van der Waals surface area contributed by atoms with Gasteiger partial charge in [0.2, 0.25) is 5.91 Å². The Balaban J connectivity index is 1.65. The topological polar surface area (TPSA) is 85.3 Å². The highest BCUT2D eigenvalue weighted by atomic mass is 79.9. The fourth-order valence-corrected chi connectivity index (χ4v) is 4.38. The molecule has 0 bridgehead atoms. The number of nitrogens with zero attached hydrogens (tertiary/aromatic N) is 2. The summed E-state index contributed by atoms with van der Waals surface area (Å²) in [5, 5.41) is 10.3. The molecule has 0 fully saturated rings. The van der Waals surface area contributed by atoms with Crippen LogP contribution in [0.3, 0.4) is 0 Å². The third-order valence-electron chi connectivity index (χ3n) is 5.75. The maximum absolute atomic E-state index is 13.5. The highest BCUT2D eigenvalue weighted by Gasteiger charge is 2.24. The number of nitrogens with one attached hydrogen (secondary N) is 2. The van der Waals surface area contributed by atoms with Crippen molar-refractivity contribution in [2.45, 2.75) is 19.0 Å². The van der Waals surface area contributed by atoms with E-state index in [-0.39, 0.29) is 11.8 Å². The second kappa shape index (κ2) is 11.7. The fourth-order valence-electron chi connectivity index (χ4n) is 3.93. The Morgan fingerprint density at radius 2 is 1.72 bits per heavy atom. The molecule has 0 saturated carbocycles. The summed E-state index contributed by atoms with van der Waals surface area (Å²) in [5.41, 5.74) is 3.79. The van der Waals surface area contributed by atoms with Crippen LogP contribution < -0.4 is 15.4 Å². The van der Waals surface area contributed by atoms with Gasteiger partial charge < -0.3 is 15.4 Å². The van der Waals surface area contributed by atoms with E-state index in [1.807, 2.05) is 78.9 Å². The van der Waals surface area contributed by atoms with Crippen molar-refractivity contribution >= 4 is 27.7 Å². The van der Waals surface area contributed by atoms with Crippen LogP contribution in [0.15, 0.2) is 89.4 Å². The van der Waals surface area contributed by atoms with E-state index < -0.39 is 6.04 Å². The lowest BCUT2D eigenvalue weighted by molar-refractivity contribution is -0.122. The van der Waals surface area contributed by atoms with E-state index in [4.69, 9.17) is 9.84 Å². The minimum Gasteiger partial charge on any atom is -0.497 e. The fraction of sp³-hybridized carbons (Fsp3) is 0.179. The third-order valence-corrected chi connectivity index (χ3v) is 6.24. The Labute approximate surface area is 218 Å². The monoisotopic (exact) mass is 546 g/mol. The van der Waals surface area contributed by atoms with Gasteiger partial charge in [0.05, 0.1) is 19.3 Å². The van der Waals surface area contributed by atoms with Crippen LogP contribution in [0.25, 0.3) is 11.3 Å². The quantitative estimate of drug-likeness (QED) is 0.324. The summed E-state index contributed by atoms with van der Waals surface area (Å²) < 4.78 is 7.91. The standard InChI is InChI=1S/C28H27BrN4O3/c1-30-27(34)25(16-19-8-6-12-22(29)14-19)31-28(35)26-17-24(21-10-4-3-5-11-21)32-33(26)18-20-9-7-13-23(15-20)36-2/h3-15,17,25H,16,18H2,1-2H3,(H,30,34)(H,31,35). The van der Waals surface area contributed by atoms with E-state index in [9.17, 15) is 9.59 Å². The highest BCUT2D eigenvalue weighted by Crippen LogP contribution is 2.21. The number of hydrogen-bond donors (Lipinski definition) is 2. The lowest BCUT2D eigenvalue weighted by atomic mass is 10.0. The molecule has 2 N–H and O–H groups in total. The number of benzene rings is 3. The van der Waals surface area contributed by atoms with E-state index in [0.29, 0.717) is 24.4 Å². The van der Waals surface area contributed by atoms with Crippen molar-refractivity contribution in [1.82, 2.24) is 20.4 Å². The summed E-state index contributed by atoms with van der Waals surface area (Å²) in [6, 6.07) is 26.0. The molecule has 1 heterocycles. The molecular formula is C28H27BrN4O3. The van der Waals surface area contributed by atoms with Gasteiger partial charge in [0.15, 0.2) is 0 Å². The lowest BCUT2D eigenvalue weighted by Gasteiger charge is -2.18. The molecule has 0 aliphatic rings. The zero-order valence-corrected chi connectivity index (χ0v) is 21.7. The van der Waals surface area contributed by atoms with Gasteiger partial charge in [0.25, 0.3) is 5.91 Å². The van der Waals surface area contributed by atoms with Gasteiger partial charge in [0, 0.05) is 23.5 Å². The van der Waals surface area contributed by atoms with Crippen molar-refractivity contribution in [2.75, 3.05) is 14.2 Å². The molecule has 7 nitrogen and oxygen atoms in total. The van der Waals surface area contributed by atoms with Crippen molar-refractivity contribution in [2.24, 2.45) is 0 Å². The van der Waals surface area contributed by atoms with Gasteiger partial charge in [-0.1, -0.05) is 70.5 Å². The Morgan fingerprint density at radius 1 is 0.972 bits per heavy atom. The van der Waals surface area contributed by atoms with Gasteiger partial charge in [-0.15, -0.1) is 0 Å². The first-order valence-electron chi connectivity index (χ1n) is 11.5. The summed E-state index contributed by atoms with van der Waals surface area (Å²) in [6.45, 7) is 0.364. The first kappa shape index (κ1) is 25.2. The SMILES string of the molecule is CNC(=O)C(Cc1cccc(Br)c1)NC(=O)c1cc(-c2ccccc2)nn1Cc1cccc(OC)c1. The number of ether oxygens (including phenoxy) is 1. The number of likely N-dealkylation sites (N-methyl/N-ethyl adjacent to an activating group) is 1. The molecule has 36 heavy (non-hydrogen) atoms. The van der Waals surface area contributed by atoms with E-state index in [0.717, 1.165) is 26.9 Å². The summed E-state index contributed by atoms with van der Waals surface area (Å²) in [5.74, 6) is 0.0734. The molecule has 0 spiro atoms. The van der Waals surface area contributed by atoms with E-state index in [1.165, 1.54) is 0 Å². The number of hydrogen-bond acceptors (Lipinski definition) is 4. The van der Waals surface area contributed by atoms with Gasteiger partial charge in [0.1, 0.15) is 17.5 Å². The summed E-state index contributed by atoms with van der Waals surface area (Å²) in [7, 11) is 3.17. The van der Waals surface area contributed by atoms with E-state index in [2.05, 4.69) is 26.6 Å². The first-order valence-corrected chi connectivity index (χ1v) is 12.3. The number of rotatable bonds is 9. The Hall–Kier alpha value is -3.91. The highest BCUT2D eigenvalue weighted by molar-refractivity contribution is 9.10. The molecule has 184 valence electrons. The van der Waals surface area contributed by atoms with Crippen molar-refractivity contribution < 1.29 is 14.3 Å². The number of aromatic nitrogens is 2.